The van der Waals surface area contributed by atoms with Crippen LogP contribution in [0, 0.1) is 0 Å². The number of aliphatic hydroxyl groups is 1. The summed E-state index contributed by atoms with van der Waals surface area (Å²) in [5.41, 5.74) is 0.994. The van der Waals surface area contributed by atoms with Crippen LogP contribution in [-0.2, 0) is 9.59 Å². The van der Waals surface area contributed by atoms with Crippen LogP contribution in [0.5, 0.6) is 5.75 Å². The molecular formula is C22H17ClN2O4S. The Morgan fingerprint density at radius 3 is 2.63 bits per heavy atom. The number of hydrogen-bond acceptors (Lipinski definition) is 6. The maximum Gasteiger partial charge on any atom is 0.301 e. The van der Waals surface area contributed by atoms with Crippen molar-refractivity contribution in [2.45, 2.75) is 13.0 Å². The number of rotatable bonds is 5. The summed E-state index contributed by atoms with van der Waals surface area (Å²) >= 11 is 7.40. The number of hydrogen-bond donors (Lipinski definition) is 1. The lowest BCUT2D eigenvalue weighted by molar-refractivity contribution is -0.132. The SMILES string of the molecule is CCOc1ccc(/C(O)=C2\C(=O)C(=O)N(c3nccs3)C2c2cccc(Cl)c2)cc1. The van der Waals surface area contributed by atoms with Crippen molar-refractivity contribution in [2.24, 2.45) is 0 Å². The lowest BCUT2D eigenvalue weighted by Gasteiger charge is -2.23. The number of thiazole rings is 1. The van der Waals surface area contributed by atoms with E-state index in [1.807, 2.05) is 6.92 Å². The van der Waals surface area contributed by atoms with E-state index in [2.05, 4.69) is 4.98 Å². The molecule has 30 heavy (non-hydrogen) atoms. The van der Waals surface area contributed by atoms with Gasteiger partial charge in [-0.3, -0.25) is 14.5 Å². The van der Waals surface area contributed by atoms with Crippen LogP contribution in [-0.4, -0.2) is 28.4 Å². The molecule has 1 aliphatic rings. The molecule has 1 aromatic heterocycles. The second kappa shape index (κ2) is 8.30. The fraction of sp³-hybridized carbons (Fsp3) is 0.136. The zero-order valence-electron chi connectivity index (χ0n) is 15.9. The molecule has 0 saturated carbocycles. The quantitative estimate of drug-likeness (QED) is 0.349. The predicted molar refractivity (Wildman–Crippen MR) is 116 cm³/mol. The molecule has 3 aromatic rings. The monoisotopic (exact) mass is 440 g/mol. The number of anilines is 1. The van der Waals surface area contributed by atoms with Gasteiger partial charge in [0.25, 0.3) is 5.78 Å². The summed E-state index contributed by atoms with van der Waals surface area (Å²) in [5, 5.41) is 13.6. The molecule has 6 nitrogen and oxygen atoms in total. The molecule has 0 radical (unpaired) electrons. The second-order valence-electron chi connectivity index (χ2n) is 6.50. The van der Waals surface area contributed by atoms with Crippen molar-refractivity contribution in [1.82, 2.24) is 4.98 Å². The van der Waals surface area contributed by atoms with E-state index >= 15 is 0 Å². The summed E-state index contributed by atoms with van der Waals surface area (Å²) in [6, 6.07) is 12.7. The molecule has 8 heteroatoms. The number of benzene rings is 2. The highest BCUT2D eigenvalue weighted by Crippen LogP contribution is 2.43. The number of carbonyl (C=O) groups is 2. The van der Waals surface area contributed by atoms with Crippen molar-refractivity contribution in [3.63, 3.8) is 0 Å². The number of aromatic nitrogens is 1. The summed E-state index contributed by atoms with van der Waals surface area (Å²) in [5.74, 6) is -1.15. The van der Waals surface area contributed by atoms with Crippen LogP contribution in [0.4, 0.5) is 5.13 Å². The van der Waals surface area contributed by atoms with Gasteiger partial charge in [0.05, 0.1) is 18.2 Å². The first-order valence-electron chi connectivity index (χ1n) is 9.20. The van der Waals surface area contributed by atoms with Gasteiger partial charge in [-0.05, 0) is 48.9 Å². The van der Waals surface area contributed by atoms with Crippen LogP contribution in [0.2, 0.25) is 5.02 Å². The van der Waals surface area contributed by atoms with Gasteiger partial charge in [0.2, 0.25) is 0 Å². The van der Waals surface area contributed by atoms with E-state index in [0.717, 1.165) is 0 Å². The van der Waals surface area contributed by atoms with E-state index in [1.54, 1.807) is 60.1 Å². The Labute approximate surface area is 182 Å². The van der Waals surface area contributed by atoms with Crippen molar-refractivity contribution in [3.8, 4) is 5.75 Å². The highest BCUT2D eigenvalue weighted by Gasteiger charge is 2.48. The van der Waals surface area contributed by atoms with Crippen molar-refractivity contribution in [2.75, 3.05) is 11.5 Å². The Hall–Kier alpha value is -3.16. The Morgan fingerprint density at radius 1 is 1.23 bits per heavy atom. The number of carbonyl (C=O) groups excluding carboxylic acids is 2. The third kappa shape index (κ3) is 3.58. The molecule has 2 heterocycles. The van der Waals surface area contributed by atoms with Gasteiger partial charge in [-0.2, -0.15) is 0 Å². The molecule has 1 fully saturated rings. The van der Waals surface area contributed by atoms with Crippen LogP contribution < -0.4 is 9.64 Å². The minimum absolute atomic E-state index is 0.0124. The lowest BCUT2D eigenvalue weighted by atomic mass is 9.95. The maximum atomic E-state index is 13.0. The normalized spacial score (nSPS) is 18.1. The van der Waals surface area contributed by atoms with Crippen molar-refractivity contribution < 1.29 is 19.4 Å². The Kier molecular flexibility index (Phi) is 5.57. The Balaban J connectivity index is 1.88. The molecule has 1 amide bonds. The number of ketones is 1. The molecule has 0 spiro atoms. The first kappa shape index (κ1) is 20.1. The molecule has 1 N–H and O–H groups in total. The summed E-state index contributed by atoms with van der Waals surface area (Å²) in [6.07, 6.45) is 1.56. The van der Waals surface area contributed by atoms with Gasteiger partial charge in [0, 0.05) is 22.2 Å². The molecule has 1 unspecified atom stereocenters. The van der Waals surface area contributed by atoms with Gasteiger partial charge in [-0.15, -0.1) is 11.3 Å². The van der Waals surface area contributed by atoms with E-state index in [0.29, 0.717) is 33.6 Å². The van der Waals surface area contributed by atoms with Crippen LogP contribution >= 0.6 is 22.9 Å². The number of halogens is 1. The van der Waals surface area contributed by atoms with Gasteiger partial charge in [-0.25, -0.2) is 4.98 Å². The smallest absolute Gasteiger partial charge is 0.301 e. The summed E-state index contributed by atoms with van der Waals surface area (Å²) in [4.78, 5) is 31.4. The average molecular weight is 441 g/mol. The number of Topliss-reactive ketones (excluding diaryl/α,β-unsaturated/α-hetero) is 1. The Morgan fingerprint density at radius 2 is 2.00 bits per heavy atom. The van der Waals surface area contributed by atoms with E-state index in [1.165, 1.54) is 16.2 Å². The summed E-state index contributed by atoms with van der Waals surface area (Å²) in [7, 11) is 0. The van der Waals surface area contributed by atoms with Crippen LogP contribution in [0.15, 0.2) is 65.7 Å². The molecule has 1 saturated heterocycles. The fourth-order valence-electron chi connectivity index (χ4n) is 3.39. The zero-order chi connectivity index (χ0) is 21.3. The largest absolute Gasteiger partial charge is 0.507 e. The molecule has 1 aliphatic heterocycles. The van der Waals surface area contributed by atoms with Gasteiger partial charge in [0.1, 0.15) is 11.5 Å². The van der Waals surface area contributed by atoms with Crippen molar-refractivity contribution >= 4 is 45.5 Å². The van der Waals surface area contributed by atoms with E-state index in [9.17, 15) is 14.7 Å². The van der Waals surface area contributed by atoms with Crippen molar-refractivity contribution in [3.05, 3.63) is 81.8 Å². The van der Waals surface area contributed by atoms with Crippen LogP contribution in [0.25, 0.3) is 5.76 Å². The molecule has 2 aromatic carbocycles. The maximum absolute atomic E-state index is 13.0. The summed E-state index contributed by atoms with van der Waals surface area (Å²) in [6.45, 7) is 2.39. The molecule has 0 aliphatic carbocycles. The Bertz CT molecular complexity index is 1130. The average Bonchev–Trinajstić information content (AvgIpc) is 3.35. The van der Waals surface area contributed by atoms with Gasteiger partial charge in [-0.1, -0.05) is 23.7 Å². The highest BCUT2D eigenvalue weighted by molar-refractivity contribution is 7.14. The van der Waals surface area contributed by atoms with E-state index in [-0.39, 0.29) is 11.3 Å². The van der Waals surface area contributed by atoms with Crippen molar-refractivity contribution in [1.29, 1.82) is 0 Å². The molecule has 1 atom stereocenters. The fourth-order valence-corrected chi connectivity index (χ4v) is 4.25. The standard InChI is InChI=1S/C22H17ClN2O4S/c1-2-29-16-8-6-13(7-9-16)19(26)17-18(14-4-3-5-15(23)12-14)25(21(28)20(17)27)22-24-10-11-30-22/h3-12,18,26H,2H2,1H3/b19-17+. The minimum Gasteiger partial charge on any atom is -0.507 e. The second-order valence-corrected chi connectivity index (χ2v) is 7.81. The van der Waals surface area contributed by atoms with Crippen LogP contribution in [0.3, 0.4) is 0 Å². The third-order valence-corrected chi connectivity index (χ3v) is 5.68. The van der Waals surface area contributed by atoms with E-state index in [4.69, 9.17) is 16.3 Å². The van der Waals surface area contributed by atoms with Gasteiger partial charge < -0.3 is 9.84 Å². The highest BCUT2D eigenvalue weighted by atomic mass is 35.5. The first-order chi connectivity index (χ1) is 14.5. The third-order valence-electron chi connectivity index (χ3n) is 4.67. The van der Waals surface area contributed by atoms with Crippen LogP contribution in [0.1, 0.15) is 24.1 Å². The number of amides is 1. The number of ether oxygens (including phenoxy) is 1. The molecule has 152 valence electrons. The summed E-state index contributed by atoms with van der Waals surface area (Å²) < 4.78 is 5.43. The number of nitrogens with zero attached hydrogens (tertiary/aromatic N) is 2. The topological polar surface area (TPSA) is 79.7 Å². The van der Waals surface area contributed by atoms with Gasteiger partial charge >= 0.3 is 5.91 Å². The number of aliphatic hydroxyl groups excluding tert-OH is 1. The predicted octanol–water partition coefficient (Wildman–Crippen LogP) is 4.82. The molecule has 4 rings (SSSR count). The molecule has 0 bridgehead atoms. The minimum atomic E-state index is -0.846. The van der Waals surface area contributed by atoms with Gasteiger partial charge in [0.15, 0.2) is 5.13 Å². The van der Waals surface area contributed by atoms with E-state index < -0.39 is 17.7 Å². The lowest BCUT2D eigenvalue weighted by Crippen LogP contribution is -2.29. The molecular weight excluding hydrogens is 424 g/mol. The first-order valence-corrected chi connectivity index (χ1v) is 10.5. The zero-order valence-corrected chi connectivity index (χ0v) is 17.5.